The van der Waals surface area contributed by atoms with Crippen LogP contribution in [0, 0.1) is 11.8 Å². The van der Waals surface area contributed by atoms with Gasteiger partial charge in [0.15, 0.2) is 0 Å². The lowest BCUT2D eigenvalue weighted by molar-refractivity contribution is -0.313. The maximum atomic E-state index is 13.0. The van der Waals surface area contributed by atoms with E-state index < -0.39 is 11.1 Å². The van der Waals surface area contributed by atoms with Gasteiger partial charge in [-0.1, -0.05) is 52.3 Å². The van der Waals surface area contributed by atoms with Gasteiger partial charge in [-0.2, -0.15) is 0 Å². The van der Waals surface area contributed by atoms with Crippen molar-refractivity contribution in [3.8, 4) is 5.75 Å². The average molecular weight is 588 g/mol. The highest BCUT2D eigenvalue weighted by Crippen LogP contribution is 2.42. The minimum atomic E-state index is -0.585. The Morgan fingerprint density at radius 2 is 1.36 bits per heavy atom. The number of hydrogen-bond acceptors (Lipinski definition) is 7. The molecule has 0 spiro atoms. The lowest BCUT2D eigenvalue weighted by Gasteiger charge is -2.52. The van der Waals surface area contributed by atoms with Crippen LogP contribution in [-0.2, 0) is 24.3 Å². The van der Waals surface area contributed by atoms with Crippen LogP contribution >= 0.6 is 0 Å². The zero-order valence-corrected chi connectivity index (χ0v) is 27.5. The molecular weight excluding hydrogens is 532 g/mol. The molecule has 0 amide bonds. The van der Waals surface area contributed by atoms with Crippen molar-refractivity contribution in [2.75, 3.05) is 0 Å². The summed E-state index contributed by atoms with van der Waals surface area (Å²) in [4.78, 5) is 31.7. The van der Waals surface area contributed by atoms with Crippen molar-refractivity contribution in [1.82, 2.24) is 10.1 Å². The fourth-order valence-electron chi connectivity index (χ4n) is 6.67. The summed E-state index contributed by atoms with van der Waals surface area (Å²) in [5, 5.41) is 16.3. The molecule has 2 fully saturated rings. The van der Waals surface area contributed by atoms with Crippen LogP contribution in [0.5, 0.6) is 5.75 Å². The third-order valence-corrected chi connectivity index (χ3v) is 9.33. The molecule has 1 radical (unpaired) electrons. The SMILES string of the molecule is CC(C)C1CC(OC(=O)CCCCCC(=O)OC2CC(C)(C)N([O])C(C)(C(C)C)C2)CC(C)(C)N1Oc1ccccc1. The molecule has 0 saturated carbocycles. The Kier molecular flexibility index (Phi) is 11.5. The zero-order chi connectivity index (χ0) is 31.3. The number of para-hydroxylation sites is 1. The normalized spacial score (nSPS) is 28.0. The standard InChI is InChI=1S/C34H55N2O6/c1-24(2)29-20-27(21-32(5,6)35(29)42-26-16-12-10-13-17-26)40-30(37)18-14-11-15-19-31(38)41-28-22-33(7,8)36(39)34(9,23-28)25(3)4/h10,12-13,16-17,24-25,27-29H,11,14-15,18-23H2,1-9H3. The predicted molar refractivity (Wildman–Crippen MR) is 163 cm³/mol. The summed E-state index contributed by atoms with van der Waals surface area (Å²) in [5.41, 5.74) is -1.46. The molecule has 0 aromatic heterocycles. The van der Waals surface area contributed by atoms with E-state index in [2.05, 4.69) is 32.8 Å². The van der Waals surface area contributed by atoms with E-state index in [1.165, 1.54) is 5.06 Å². The molecule has 8 nitrogen and oxygen atoms in total. The number of ether oxygens (including phenoxy) is 2. The molecule has 1 aromatic carbocycles. The lowest BCUT2D eigenvalue weighted by Crippen LogP contribution is -2.63. The fourth-order valence-corrected chi connectivity index (χ4v) is 6.67. The Bertz CT molecular complexity index is 1030. The topological polar surface area (TPSA) is 88.2 Å². The van der Waals surface area contributed by atoms with Gasteiger partial charge in [-0.15, -0.1) is 15.3 Å². The first-order valence-electron chi connectivity index (χ1n) is 15.9. The van der Waals surface area contributed by atoms with Crippen LogP contribution in [0.15, 0.2) is 30.3 Å². The van der Waals surface area contributed by atoms with Gasteiger partial charge in [0, 0.05) is 44.1 Å². The number of hydroxylamine groups is 4. The Morgan fingerprint density at radius 3 is 1.90 bits per heavy atom. The smallest absolute Gasteiger partial charge is 0.306 e. The second-order valence-corrected chi connectivity index (χ2v) is 14.6. The molecule has 42 heavy (non-hydrogen) atoms. The molecule has 2 aliphatic rings. The van der Waals surface area contributed by atoms with Crippen LogP contribution in [0.2, 0.25) is 0 Å². The minimum Gasteiger partial charge on any atom is -0.462 e. The van der Waals surface area contributed by atoms with Gasteiger partial charge in [0.2, 0.25) is 0 Å². The average Bonchev–Trinajstić information content (AvgIpc) is 2.88. The highest BCUT2D eigenvalue weighted by molar-refractivity contribution is 5.70. The largest absolute Gasteiger partial charge is 0.462 e. The van der Waals surface area contributed by atoms with Gasteiger partial charge in [0.25, 0.3) is 0 Å². The monoisotopic (exact) mass is 587 g/mol. The van der Waals surface area contributed by atoms with E-state index in [0.717, 1.165) is 18.6 Å². The van der Waals surface area contributed by atoms with Crippen molar-refractivity contribution in [3.63, 3.8) is 0 Å². The maximum absolute atomic E-state index is 13.0. The van der Waals surface area contributed by atoms with Crippen molar-refractivity contribution >= 4 is 11.9 Å². The first-order valence-corrected chi connectivity index (χ1v) is 15.9. The molecule has 2 aliphatic heterocycles. The number of unbranched alkanes of at least 4 members (excludes halogenated alkanes) is 2. The second-order valence-electron chi connectivity index (χ2n) is 14.6. The summed E-state index contributed by atoms with van der Waals surface area (Å²) in [6, 6.07) is 9.93. The van der Waals surface area contributed by atoms with Crippen LogP contribution in [-0.4, -0.2) is 56.9 Å². The molecule has 2 heterocycles. The molecule has 237 valence electrons. The van der Waals surface area contributed by atoms with Gasteiger partial charge < -0.3 is 14.3 Å². The van der Waals surface area contributed by atoms with Crippen LogP contribution in [0.3, 0.4) is 0 Å². The van der Waals surface area contributed by atoms with Crippen molar-refractivity contribution in [2.24, 2.45) is 11.8 Å². The summed E-state index contributed by atoms with van der Waals surface area (Å²) < 4.78 is 11.8. The third-order valence-electron chi connectivity index (χ3n) is 9.33. The van der Waals surface area contributed by atoms with Crippen molar-refractivity contribution in [2.45, 2.75) is 155 Å². The molecule has 3 rings (SSSR count). The van der Waals surface area contributed by atoms with Gasteiger partial charge in [-0.05, 0) is 71.4 Å². The van der Waals surface area contributed by atoms with E-state index in [9.17, 15) is 14.8 Å². The quantitative estimate of drug-likeness (QED) is 0.187. The Labute approximate surface area is 254 Å². The Balaban J connectivity index is 1.41. The summed E-state index contributed by atoms with van der Waals surface area (Å²) >= 11 is 0. The van der Waals surface area contributed by atoms with E-state index in [-0.39, 0.29) is 41.6 Å². The highest BCUT2D eigenvalue weighted by atomic mass is 16.7. The molecule has 1 aromatic rings. The number of rotatable bonds is 12. The van der Waals surface area contributed by atoms with Crippen LogP contribution in [0.25, 0.3) is 0 Å². The van der Waals surface area contributed by atoms with Crippen LogP contribution < -0.4 is 4.84 Å². The summed E-state index contributed by atoms with van der Waals surface area (Å²) in [6.07, 6.45) is 4.81. The first-order chi connectivity index (χ1) is 19.5. The van der Waals surface area contributed by atoms with Gasteiger partial charge in [0.1, 0.15) is 18.0 Å². The van der Waals surface area contributed by atoms with E-state index in [1.807, 2.05) is 65.0 Å². The summed E-state index contributed by atoms with van der Waals surface area (Å²) in [7, 11) is 0. The zero-order valence-electron chi connectivity index (χ0n) is 27.5. The summed E-state index contributed by atoms with van der Waals surface area (Å²) in [6.45, 7) is 18.5. The molecule has 4 atom stereocenters. The van der Waals surface area contributed by atoms with E-state index in [0.29, 0.717) is 50.9 Å². The van der Waals surface area contributed by atoms with Crippen molar-refractivity contribution < 1.29 is 29.1 Å². The molecule has 8 heteroatoms. The van der Waals surface area contributed by atoms with Gasteiger partial charge in [0.05, 0.1) is 17.1 Å². The number of esters is 2. The van der Waals surface area contributed by atoms with Crippen LogP contribution in [0.4, 0.5) is 0 Å². The third kappa shape index (κ3) is 8.70. The Hall–Kier alpha value is -2.16. The van der Waals surface area contributed by atoms with Crippen LogP contribution in [0.1, 0.15) is 120 Å². The predicted octanol–water partition coefficient (Wildman–Crippen LogP) is 7.29. The van der Waals surface area contributed by atoms with Crippen molar-refractivity contribution in [1.29, 1.82) is 0 Å². The van der Waals surface area contributed by atoms with E-state index in [1.54, 1.807) is 0 Å². The van der Waals surface area contributed by atoms with Gasteiger partial charge in [-0.25, -0.2) is 0 Å². The number of carbonyl (C=O) groups is 2. The molecule has 4 unspecified atom stereocenters. The Morgan fingerprint density at radius 1 is 0.810 bits per heavy atom. The minimum absolute atomic E-state index is 0.114. The fraction of sp³-hybridized carbons (Fsp3) is 0.765. The summed E-state index contributed by atoms with van der Waals surface area (Å²) in [5.74, 6) is 0.870. The molecule has 2 saturated heterocycles. The van der Waals surface area contributed by atoms with Gasteiger partial charge >= 0.3 is 11.9 Å². The number of hydrogen-bond donors (Lipinski definition) is 0. The molecule has 0 N–H and O–H groups in total. The number of benzene rings is 1. The molecular formula is C34H55N2O6. The number of nitrogens with zero attached hydrogens (tertiary/aromatic N) is 2. The van der Waals surface area contributed by atoms with Crippen molar-refractivity contribution in [3.05, 3.63) is 30.3 Å². The molecule has 0 aliphatic carbocycles. The highest BCUT2D eigenvalue weighted by Gasteiger charge is 2.51. The van der Waals surface area contributed by atoms with Gasteiger partial charge in [-0.3, -0.25) is 9.59 Å². The van der Waals surface area contributed by atoms with E-state index in [4.69, 9.17) is 14.3 Å². The maximum Gasteiger partial charge on any atom is 0.306 e. The number of carbonyl (C=O) groups excluding carboxylic acids is 2. The lowest BCUT2D eigenvalue weighted by atomic mass is 9.73. The second kappa shape index (κ2) is 14.1. The number of piperidine rings is 2. The molecule has 0 bridgehead atoms. The van der Waals surface area contributed by atoms with E-state index >= 15 is 0 Å². The first kappa shape index (κ1) is 34.3.